The van der Waals surface area contributed by atoms with Crippen molar-refractivity contribution in [3.63, 3.8) is 0 Å². The Bertz CT molecular complexity index is 766. The van der Waals surface area contributed by atoms with E-state index < -0.39 is 0 Å². The van der Waals surface area contributed by atoms with Crippen molar-refractivity contribution in [1.29, 1.82) is 0 Å². The summed E-state index contributed by atoms with van der Waals surface area (Å²) in [5.41, 5.74) is 5.37. The van der Waals surface area contributed by atoms with Gasteiger partial charge in [-0.25, -0.2) is 0 Å². The maximum absolute atomic E-state index is 12.6. The Morgan fingerprint density at radius 2 is 1.88 bits per heavy atom. The van der Waals surface area contributed by atoms with Gasteiger partial charge in [0.15, 0.2) is 0 Å². The van der Waals surface area contributed by atoms with E-state index in [9.17, 15) is 4.79 Å². The van der Waals surface area contributed by atoms with Crippen molar-refractivity contribution >= 4 is 11.6 Å². The molecule has 1 fully saturated rings. The third kappa shape index (κ3) is 4.27. The summed E-state index contributed by atoms with van der Waals surface area (Å²) in [6, 6.07) is 14.6. The monoisotopic (exact) mass is 350 g/mol. The molecule has 0 spiro atoms. The van der Waals surface area contributed by atoms with Gasteiger partial charge in [0.25, 0.3) is 5.91 Å². The van der Waals surface area contributed by atoms with Gasteiger partial charge in [-0.05, 0) is 68.9 Å². The number of nitrogens with zero attached hydrogens (tertiary/aromatic N) is 1. The maximum Gasteiger partial charge on any atom is 0.252 e. The SMILES string of the molecule is Cc1ccc(C(=O)N[C@H](C)c2ccc(N3CCC[C@@H](C)C3)cc2)c(C)c1. The first-order chi connectivity index (χ1) is 12.4. The molecule has 1 aliphatic heterocycles. The van der Waals surface area contributed by atoms with Crippen LogP contribution in [0.4, 0.5) is 5.69 Å². The number of nitrogens with one attached hydrogen (secondary N) is 1. The lowest BCUT2D eigenvalue weighted by Gasteiger charge is -2.33. The van der Waals surface area contributed by atoms with E-state index in [2.05, 4.69) is 41.4 Å². The number of rotatable bonds is 4. The largest absolute Gasteiger partial charge is 0.371 e. The molecule has 1 amide bonds. The van der Waals surface area contributed by atoms with Crippen LogP contribution in [0.1, 0.15) is 59.8 Å². The number of aryl methyl sites for hydroxylation is 2. The number of carbonyl (C=O) groups is 1. The molecule has 1 heterocycles. The van der Waals surface area contributed by atoms with Crippen LogP contribution in [0.15, 0.2) is 42.5 Å². The van der Waals surface area contributed by atoms with Crippen LogP contribution in [0, 0.1) is 19.8 Å². The third-order valence-electron chi connectivity index (χ3n) is 5.39. The zero-order valence-corrected chi connectivity index (χ0v) is 16.4. The second-order valence-electron chi connectivity index (χ2n) is 7.80. The van der Waals surface area contributed by atoms with Gasteiger partial charge < -0.3 is 10.2 Å². The number of benzene rings is 2. The molecule has 0 bridgehead atoms. The lowest BCUT2D eigenvalue weighted by molar-refractivity contribution is 0.0939. The molecule has 26 heavy (non-hydrogen) atoms. The van der Waals surface area contributed by atoms with E-state index in [0.717, 1.165) is 35.7 Å². The quantitative estimate of drug-likeness (QED) is 0.839. The summed E-state index contributed by atoms with van der Waals surface area (Å²) in [7, 11) is 0. The second kappa shape index (κ2) is 7.94. The van der Waals surface area contributed by atoms with Gasteiger partial charge in [-0.1, -0.05) is 36.8 Å². The lowest BCUT2D eigenvalue weighted by Crippen LogP contribution is -2.34. The average molecular weight is 351 g/mol. The van der Waals surface area contributed by atoms with Crippen molar-refractivity contribution in [3.05, 3.63) is 64.7 Å². The molecule has 1 N–H and O–H groups in total. The molecule has 1 saturated heterocycles. The molecule has 138 valence electrons. The van der Waals surface area contributed by atoms with E-state index in [1.807, 2.05) is 39.0 Å². The first kappa shape index (κ1) is 18.5. The Labute approximate surface area is 157 Å². The normalized spacial score (nSPS) is 18.5. The second-order valence-corrected chi connectivity index (χ2v) is 7.80. The molecule has 3 nitrogen and oxygen atoms in total. The summed E-state index contributed by atoms with van der Waals surface area (Å²) >= 11 is 0. The number of hydrogen-bond acceptors (Lipinski definition) is 2. The molecule has 0 unspecified atom stereocenters. The molecule has 3 heteroatoms. The van der Waals surface area contributed by atoms with Crippen LogP contribution in [-0.4, -0.2) is 19.0 Å². The highest BCUT2D eigenvalue weighted by Crippen LogP contribution is 2.25. The molecule has 0 radical (unpaired) electrons. The predicted molar refractivity (Wildman–Crippen MR) is 109 cm³/mol. The summed E-state index contributed by atoms with van der Waals surface area (Å²) in [6.45, 7) is 10.7. The van der Waals surface area contributed by atoms with E-state index in [0.29, 0.717) is 0 Å². The van der Waals surface area contributed by atoms with Crippen molar-refractivity contribution < 1.29 is 4.79 Å². The number of anilines is 1. The van der Waals surface area contributed by atoms with Crippen LogP contribution in [0.3, 0.4) is 0 Å². The van der Waals surface area contributed by atoms with Crippen molar-refractivity contribution in [2.24, 2.45) is 5.92 Å². The topological polar surface area (TPSA) is 32.3 Å². The van der Waals surface area contributed by atoms with E-state index in [-0.39, 0.29) is 11.9 Å². The number of hydrogen-bond donors (Lipinski definition) is 1. The van der Waals surface area contributed by atoms with Crippen LogP contribution in [0.2, 0.25) is 0 Å². The van der Waals surface area contributed by atoms with Gasteiger partial charge in [0, 0.05) is 24.3 Å². The van der Waals surface area contributed by atoms with Crippen molar-refractivity contribution in [1.82, 2.24) is 5.32 Å². The molecule has 0 aromatic heterocycles. The van der Waals surface area contributed by atoms with E-state index in [1.54, 1.807) is 0 Å². The molecule has 2 aromatic carbocycles. The summed E-state index contributed by atoms with van der Waals surface area (Å²) in [5.74, 6) is 0.753. The van der Waals surface area contributed by atoms with E-state index in [1.165, 1.54) is 24.1 Å². The molecule has 0 saturated carbocycles. The van der Waals surface area contributed by atoms with E-state index >= 15 is 0 Å². The van der Waals surface area contributed by atoms with Crippen LogP contribution < -0.4 is 10.2 Å². The fourth-order valence-electron chi connectivity index (χ4n) is 3.82. The van der Waals surface area contributed by atoms with Crippen LogP contribution in [0.5, 0.6) is 0 Å². The van der Waals surface area contributed by atoms with Crippen LogP contribution >= 0.6 is 0 Å². The number of piperidine rings is 1. The van der Waals surface area contributed by atoms with Gasteiger partial charge in [0.1, 0.15) is 0 Å². The average Bonchev–Trinajstić information content (AvgIpc) is 2.61. The number of carbonyl (C=O) groups excluding carboxylic acids is 1. The summed E-state index contributed by atoms with van der Waals surface area (Å²) in [6.07, 6.45) is 2.60. The van der Waals surface area contributed by atoms with E-state index in [4.69, 9.17) is 0 Å². The number of amides is 1. The maximum atomic E-state index is 12.6. The van der Waals surface area contributed by atoms with Gasteiger partial charge in [-0.2, -0.15) is 0 Å². The summed E-state index contributed by atoms with van der Waals surface area (Å²) in [4.78, 5) is 15.1. The van der Waals surface area contributed by atoms with Gasteiger partial charge in [-0.15, -0.1) is 0 Å². The van der Waals surface area contributed by atoms with Gasteiger partial charge >= 0.3 is 0 Å². The lowest BCUT2D eigenvalue weighted by atomic mass is 9.99. The molecule has 3 rings (SSSR count). The Kier molecular flexibility index (Phi) is 5.65. The smallest absolute Gasteiger partial charge is 0.252 e. The van der Waals surface area contributed by atoms with Crippen molar-refractivity contribution in [3.8, 4) is 0 Å². The molecular weight excluding hydrogens is 320 g/mol. The van der Waals surface area contributed by atoms with Crippen LogP contribution in [-0.2, 0) is 0 Å². The summed E-state index contributed by atoms with van der Waals surface area (Å²) in [5, 5.41) is 3.13. The Morgan fingerprint density at radius 1 is 1.15 bits per heavy atom. The predicted octanol–water partition coefficient (Wildman–Crippen LogP) is 5.03. The minimum Gasteiger partial charge on any atom is -0.371 e. The molecule has 1 aliphatic rings. The van der Waals surface area contributed by atoms with Gasteiger partial charge in [0.05, 0.1) is 6.04 Å². The highest BCUT2D eigenvalue weighted by atomic mass is 16.1. The highest BCUT2D eigenvalue weighted by Gasteiger charge is 2.17. The van der Waals surface area contributed by atoms with Crippen molar-refractivity contribution in [2.45, 2.75) is 46.6 Å². The zero-order chi connectivity index (χ0) is 18.7. The summed E-state index contributed by atoms with van der Waals surface area (Å²) < 4.78 is 0. The fourth-order valence-corrected chi connectivity index (χ4v) is 3.82. The van der Waals surface area contributed by atoms with Gasteiger partial charge in [0.2, 0.25) is 0 Å². The molecule has 0 aliphatic carbocycles. The third-order valence-corrected chi connectivity index (χ3v) is 5.39. The first-order valence-corrected chi connectivity index (χ1v) is 9.67. The Hall–Kier alpha value is -2.29. The fraction of sp³-hybridized carbons (Fsp3) is 0.435. The van der Waals surface area contributed by atoms with Crippen molar-refractivity contribution in [2.75, 3.05) is 18.0 Å². The zero-order valence-electron chi connectivity index (χ0n) is 16.4. The van der Waals surface area contributed by atoms with Gasteiger partial charge in [-0.3, -0.25) is 4.79 Å². The minimum atomic E-state index is -0.0162. The Balaban J connectivity index is 1.66. The Morgan fingerprint density at radius 3 is 2.54 bits per heavy atom. The molecular formula is C23H30N2O. The van der Waals surface area contributed by atoms with Crippen LogP contribution in [0.25, 0.3) is 0 Å². The minimum absolute atomic E-state index is 0.0102. The molecule has 2 atom stereocenters. The highest BCUT2D eigenvalue weighted by molar-refractivity contribution is 5.95. The standard InChI is InChI=1S/C23H30N2O/c1-16-7-12-22(18(3)14-16)23(26)24-19(4)20-8-10-21(11-9-20)25-13-5-6-17(2)15-25/h7-12,14,17,19H,5-6,13,15H2,1-4H3,(H,24,26)/t17-,19-/m1/s1. The first-order valence-electron chi connectivity index (χ1n) is 9.67. The molecule has 2 aromatic rings.